The maximum absolute atomic E-state index is 15.6. The molecule has 2 saturated carbocycles. The fourth-order valence-electron chi connectivity index (χ4n) is 6.23. The van der Waals surface area contributed by atoms with Gasteiger partial charge >= 0.3 is 6.18 Å². The minimum Gasteiger partial charge on any atom is -0.351 e. The molecule has 0 bridgehead atoms. The summed E-state index contributed by atoms with van der Waals surface area (Å²) in [7, 11) is 0. The van der Waals surface area contributed by atoms with Crippen LogP contribution in [0.25, 0.3) is 11.1 Å². The normalized spacial score (nSPS) is 21.2. The number of rotatable bonds is 6. The lowest BCUT2D eigenvalue weighted by atomic mass is 9.91. The van der Waals surface area contributed by atoms with Crippen molar-refractivity contribution in [2.75, 3.05) is 24.5 Å². The van der Waals surface area contributed by atoms with Gasteiger partial charge in [0.25, 0.3) is 0 Å². The van der Waals surface area contributed by atoms with Gasteiger partial charge < -0.3 is 4.90 Å². The van der Waals surface area contributed by atoms with Gasteiger partial charge in [0.1, 0.15) is 27.9 Å². The number of aryl methyl sites for hydroxylation is 1. The minimum atomic E-state index is -4.39. The molecule has 3 aromatic rings. The maximum Gasteiger partial charge on any atom is 0.401 e. The predicted molar refractivity (Wildman–Crippen MR) is 159 cm³/mol. The minimum absolute atomic E-state index is 0.00811. The molecule has 1 aliphatic heterocycles. The van der Waals surface area contributed by atoms with Crippen LogP contribution in [-0.2, 0) is 17.4 Å². The Labute approximate surface area is 249 Å². The van der Waals surface area contributed by atoms with Gasteiger partial charge in [-0.15, -0.1) is 11.3 Å². The highest BCUT2D eigenvalue weighted by atomic mass is 32.1. The van der Waals surface area contributed by atoms with Gasteiger partial charge in [-0.2, -0.15) is 13.2 Å². The van der Waals surface area contributed by atoms with Gasteiger partial charge in [-0.05, 0) is 63.6 Å². The number of halogens is 4. The zero-order valence-electron chi connectivity index (χ0n) is 25.2. The van der Waals surface area contributed by atoms with Crippen molar-refractivity contribution in [1.29, 1.82) is 0 Å². The fourth-order valence-corrected chi connectivity index (χ4v) is 7.13. The first-order valence-corrected chi connectivity index (χ1v) is 15.8. The fraction of sp³-hybridized carbons (Fsp3) is 0.594. The molecule has 1 aromatic carbocycles. The molecule has 3 fully saturated rings. The summed E-state index contributed by atoms with van der Waals surface area (Å²) in [5.41, 5.74) is 1.89. The summed E-state index contributed by atoms with van der Waals surface area (Å²) in [4.78, 5) is 18.6. The van der Waals surface area contributed by atoms with E-state index in [1.165, 1.54) is 6.07 Å². The van der Waals surface area contributed by atoms with Crippen LogP contribution in [0.15, 0.2) is 17.5 Å². The number of hydrogen-bond acceptors (Lipinski definition) is 6. The lowest BCUT2D eigenvalue weighted by Gasteiger charge is -2.40. The van der Waals surface area contributed by atoms with Crippen LogP contribution in [0.2, 0.25) is 0 Å². The van der Waals surface area contributed by atoms with E-state index in [4.69, 9.17) is 4.98 Å². The van der Waals surface area contributed by atoms with E-state index in [1.54, 1.807) is 18.3 Å². The molecule has 10 heteroatoms. The van der Waals surface area contributed by atoms with Crippen molar-refractivity contribution in [1.82, 2.24) is 19.9 Å². The molecule has 42 heavy (non-hydrogen) atoms. The summed E-state index contributed by atoms with van der Waals surface area (Å²) in [6.45, 7) is 15.6. The van der Waals surface area contributed by atoms with Crippen LogP contribution in [0.3, 0.4) is 0 Å². The topological polar surface area (TPSA) is 45.2 Å². The van der Waals surface area contributed by atoms with Crippen LogP contribution in [0.5, 0.6) is 0 Å². The average Bonchev–Trinajstić information content (AvgIpc) is 3.83. The summed E-state index contributed by atoms with van der Waals surface area (Å²) in [5.74, 6) is 0.549. The number of hydrogen-bond donors (Lipinski definition) is 0. The van der Waals surface area contributed by atoms with E-state index in [2.05, 4.69) is 52.8 Å². The van der Waals surface area contributed by atoms with Gasteiger partial charge in [0.05, 0.1) is 5.69 Å². The summed E-state index contributed by atoms with van der Waals surface area (Å²) in [6.07, 6.45) is -2.68. The van der Waals surface area contributed by atoms with E-state index < -0.39 is 11.6 Å². The highest BCUT2D eigenvalue weighted by molar-refractivity contribution is 7.10. The van der Waals surface area contributed by atoms with Crippen molar-refractivity contribution < 1.29 is 17.6 Å². The smallest absolute Gasteiger partial charge is 0.351 e. The second-order valence-corrected chi connectivity index (χ2v) is 14.4. The largest absolute Gasteiger partial charge is 0.401 e. The summed E-state index contributed by atoms with van der Waals surface area (Å²) in [6, 6.07) is 3.59. The number of aromatic nitrogens is 3. The van der Waals surface area contributed by atoms with Crippen LogP contribution in [-0.4, -0.2) is 51.7 Å². The zero-order valence-corrected chi connectivity index (χ0v) is 26.0. The molecule has 226 valence electrons. The maximum atomic E-state index is 15.6. The average molecular weight is 602 g/mol. The lowest BCUT2D eigenvalue weighted by Crippen LogP contribution is -2.51. The van der Waals surface area contributed by atoms with E-state index in [0.717, 1.165) is 54.4 Å². The van der Waals surface area contributed by atoms with Crippen LogP contribution < -0.4 is 4.90 Å². The molecule has 0 unspecified atom stereocenters. The first-order chi connectivity index (χ1) is 19.7. The van der Waals surface area contributed by atoms with Gasteiger partial charge in [-0.25, -0.2) is 19.3 Å². The Hall–Kier alpha value is -2.59. The summed E-state index contributed by atoms with van der Waals surface area (Å²) >= 11 is 1.71. The molecule has 0 radical (unpaired) electrons. The van der Waals surface area contributed by atoms with Crippen molar-refractivity contribution in [3.05, 3.63) is 56.7 Å². The molecule has 2 aliphatic carbocycles. The molecule has 0 amide bonds. The van der Waals surface area contributed by atoms with Crippen molar-refractivity contribution in [3.8, 4) is 11.1 Å². The SMILES string of the molecule is Cc1nc(C2(C(F)(F)F)CC2)nc(C2CC2)c1-c1c(F)ccc(CN2CCN(c3csc(C(C)(C)C)n3)[C@H](C)C2)c1C. The number of anilines is 1. The number of alkyl halides is 3. The van der Waals surface area contributed by atoms with E-state index >= 15 is 4.39 Å². The molecular formula is C32H39F4N5S. The van der Waals surface area contributed by atoms with E-state index in [9.17, 15) is 13.2 Å². The monoisotopic (exact) mass is 601 g/mol. The Morgan fingerprint density at radius 2 is 1.71 bits per heavy atom. The second kappa shape index (κ2) is 10.3. The third-order valence-corrected chi connectivity index (χ3v) is 10.4. The molecule has 0 spiro atoms. The molecular weight excluding hydrogens is 562 g/mol. The second-order valence-electron chi connectivity index (χ2n) is 13.5. The molecule has 3 heterocycles. The van der Waals surface area contributed by atoms with Gasteiger partial charge in [0.15, 0.2) is 0 Å². The zero-order chi connectivity index (χ0) is 30.2. The van der Waals surface area contributed by atoms with Gasteiger partial charge in [-0.1, -0.05) is 26.8 Å². The van der Waals surface area contributed by atoms with Crippen LogP contribution in [0.1, 0.15) is 92.6 Å². The summed E-state index contributed by atoms with van der Waals surface area (Å²) in [5, 5.41) is 3.28. The number of piperazine rings is 1. The van der Waals surface area contributed by atoms with Crippen LogP contribution in [0, 0.1) is 19.7 Å². The standard InChI is InChI=1S/C32H39F4N5S/c1-18-15-40(13-14-41(18)24-17-42-29(38-24)30(4,5)6)16-22-9-10-23(33)25(19(22)2)26-20(3)37-28(39-27(26)21-7-8-21)31(11-12-31)32(34,35)36/h9-10,17-18,21H,7-8,11-16H2,1-6H3/t18-/m1/s1. The predicted octanol–water partition coefficient (Wildman–Crippen LogP) is 7.84. The number of benzene rings is 1. The first kappa shape index (κ1) is 29.5. The van der Waals surface area contributed by atoms with Crippen molar-refractivity contribution >= 4 is 17.2 Å². The number of nitrogens with zero attached hydrogens (tertiary/aromatic N) is 5. The van der Waals surface area contributed by atoms with Crippen molar-refractivity contribution in [3.63, 3.8) is 0 Å². The van der Waals surface area contributed by atoms with Gasteiger partial charge in [0.2, 0.25) is 0 Å². The lowest BCUT2D eigenvalue weighted by molar-refractivity contribution is -0.162. The molecule has 0 N–H and O–H groups in total. The Kier molecular flexibility index (Phi) is 7.20. The number of thiazole rings is 1. The van der Waals surface area contributed by atoms with Crippen LogP contribution in [0.4, 0.5) is 23.4 Å². The van der Waals surface area contributed by atoms with Crippen molar-refractivity contribution in [2.45, 2.75) is 103 Å². The van der Waals surface area contributed by atoms with Crippen molar-refractivity contribution in [2.24, 2.45) is 0 Å². The molecule has 5 nitrogen and oxygen atoms in total. The highest BCUT2D eigenvalue weighted by Gasteiger charge is 2.66. The van der Waals surface area contributed by atoms with Gasteiger partial charge in [-0.3, -0.25) is 4.90 Å². The first-order valence-electron chi connectivity index (χ1n) is 14.9. The third kappa shape index (κ3) is 5.23. The van der Waals surface area contributed by atoms with E-state index in [1.807, 2.05) is 13.0 Å². The Bertz CT molecular complexity index is 1500. The third-order valence-electron chi connectivity index (χ3n) is 9.11. The molecule has 1 atom stereocenters. The molecule has 3 aliphatic rings. The van der Waals surface area contributed by atoms with E-state index in [0.29, 0.717) is 29.1 Å². The van der Waals surface area contributed by atoms with E-state index in [-0.39, 0.29) is 41.9 Å². The van der Waals surface area contributed by atoms with Gasteiger partial charge in [0, 0.05) is 65.8 Å². The quantitative estimate of drug-likeness (QED) is 0.270. The Morgan fingerprint density at radius 3 is 2.29 bits per heavy atom. The Balaban J connectivity index is 1.27. The summed E-state index contributed by atoms with van der Waals surface area (Å²) < 4.78 is 57.4. The molecule has 2 aromatic heterocycles. The molecule has 1 saturated heterocycles. The van der Waals surface area contributed by atoms with Crippen LogP contribution >= 0.6 is 11.3 Å². The highest BCUT2D eigenvalue weighted by Crippen LogP contribution is 2.58. The Morgan fingerprint density at radius 1 is 1.00 bits per heavy atom. The molecule has 6 rings (SSSR count).